The predicted molar refractivity (Wildman–Crippen MR) is 120 cm³/mol. The summed E-state index contributed by atoms with van der Waals surface area (Å²) >= 11 is 0. The van der Waals surface area contributed by atoms with Crippen LogP contribution in [0.25, 0.3) is 0 Å². The molecule has 0 aromatic heterocycles. The Morgan fingerprint density at radius 1 is 1.12 bits per heavy atom. The van der Waals surface area contributed by atoms with Gasteiger partial charge in [-0.25, -0.2) is 9.59 Å². The Morgan fingerprint density at radius 2 is 1.85 bits per heavy atom. The molecule has 33 heavy (non-hydrogen) atoms. The first-order valence-corrected chi connectivity index (χ1v) is 11.1. The molecule has 8 nitrogen and oxygen atoms in total. The van der Waals surface area contributed by atoms with E-state index in [1.54, 1.807) is 34.1 Å². The lowest BCUT2D eigenvalue weighted by Crippen LogP contribution is -2.47. The van der Waals surface area contributed by atoms with Crippen molar-refractivity contribution < 1.29 is 29.0 Å². The van der Waals surface area contributed by atoms with Crippen LogP contribution in [-0.4, -0.2) is 64.7 Å². The minimum atomic E-state index is -1.07. The summed E-state index contributed by atoms with van der Waals surface area (Å²) in [6.45, 7) is 3.71. The fourth-order valence-corrected chi connectivity index (χ4v) is 4.62. The Hall–Kier alpha value is -3.55. The van der Waals surface area contributed by atoms with Gasteiger partial charge in [0.1, 0.15) is 11.4 Å². The first kappa shape index (κ1) is 22.6. The van der Waals surface area contributed by atoms with Gasteiger partial charge in [-0.2, -0.15) is 0 Å². The second kappa shape index (κ2) is 9.52. The zero-order chi connectivity index (χ0) is 23.4. The molecular formula is C25H28N2O6. The van der Waals surface area contributed by atoms with Crippen molar-refractivity contribution in [2.45, 2.75) is 31.9 Å². The van der Waals surface area contributed by atoms with Gasteiger partial charge in [0.2, 0.25) is 0 Å². The predicted octanol–water partition coefficient (Wildman–Crippen LogP) is 3.41. The Morgan fingerprint density at radius 3 is 2.55 bits per heavy atom. The van der Waals surface area contributed by atoms with E-state index in [0.717, 1.165) is 18.4 Å². The highest BCUT2D eigenvalue weighted by atomic mass is 16.6. The largest absolute Gasteiger partial charge is 0.482 e. The smallest absolute Gasteiger partial charge is 0.410 e. The van der Waals surface area contributed by atoms with Gasteiger partial charge in [-0.05, 0) is 43.5 Å². The monoisotopic (exact) mass is 452 g/mol. The average Bonchev–Trinajstić information content (AvgIpc) is 3.12. The molecule has 2 amide bonds. The number of piperidine rings is 1. The van der Waals surface area contributed by atoms with Gasteiger partial charge in [0.15, 0.2) is 6.61 Å². The highest BCUT2D eigenvalue weighted by Crippen LogP contribution is 2.37. The van der Waals surface area contributed by atoms with Crippen LogP contribution in [0.3, 0.4) is 0 Å². The van der Waals surface area contributed by atoms with Crippen LogP contribution in [0, 0.1) is 5.92 Å². The molecular weight excluding hydrogens is 424 g/mol. The van der Waals surface area contributed by atoms with Crippen LogP contribution in [-0.2, 0) is 16.1 Å². The summed E-state index contributed by atoms with van der Waals surface area (Å²) in [6, 6.07) is 16.4. The summed E-state index contributed by atoms with van der Waals surface area (Å²) < 4.78 is 11.0. The molecule has 0 spiro atoms. The van der Waals surface area contributed by atoms with E-state index in [4.69, 9.17) is 14.6 Å². The Labute approximate surface area is 192 Å². The fraction of sp³-hybridized carbons (Fsp3) is 0.400. The lowest BCUT2D eigenvalue weighted by Gasteiger charge is -2.39. The molecule has 0 bridgehead atoms. The number of carbonyl (C=O) groups is 3. The maximum atomic E-state index is 13.0. The number of benzene rings is 2. The van der Waals surface area contributed by atoms with E-state index in [0.29, 0.717) is 37.5 Å². The number of likely N-dealkylation sites (tertiary alicyclic amines) is 1. The fourth-order valence-electron chi connectivity index (χ4n) is 4.62. The molecule has 2 aromatic carbocycles. The first-order valence-electron chi connectivity index (χ1n) is 11.1. The van der Waals surface area contributed by atoms with Crippen molar-refractivity contribution in [3.8, 4) is 5.75 Å². The number of carboxylic acids is 1. The second-order valence-electron chi connectivity index (χ2n) is 8.80. The van der Waals surface area contributed by atoms with Gasteiger partial charge < -0.3 is 19.5 Å². The summed E-state index contributed by atoms with van der Waals surface area (Å²) in [6.07, 6.45) is 1.19. The third-order valence-electron chi connectivity index (χ3n) is 6.39. The zero-order valence-corrected chi connectivity index (χ0v) is 18.6. The molecule has 0 unspecified atom stereocenters. The van der Waals surface area contributed by atoms with Crippen LogP contribution in [0.15, 0.2) is 54.6 Å². The van der Waals surface area contributed by atoms with Crippen molar-refractivity contribution in [3.63, 3.8) is 0 Å². The second-order valence-corrected chi connectivity index (χ2v) is 8.80. The maximum absolute atomic E-state index is 13.0. The molecule has 1 N–H and O–H groups in total. The van der Waals surface area contributed by atoms with E-state index in [2.05, 4.69) is 0 Å². The minimum Gasteiger partial charge on any atom is -0.482 e. The average molecular weight is 453 g/mol. The van der Waals surface area contributed by atoms with Gasteiger partial charge in [0, 0.05) is 31.1 Å². The van der Waals surface area contributed by atoms with Crippen LogP contribution in [0.1, 0.15) is 35.7 Å². The summed E-state index contributed by atoms with van der Waals surface area (Å²) in [5.74, 6) is -0.677. The Bertz CT molecular complexity index is 1020. The number of hydrogen-bond donors (Lipinski definition) is 1. The summed E-state index contributed by atoms with van der Waals surface area (Å²) in [5.41, 5.74) is 0.948. The van der Waals surface area contributed by atoms with Gasteiger partial charge in [-0.3, -0.25) is 9.69 Å². The van der Waals surface area contributed by atoms with E-state index in [-0.39, 0.29) is 17.9 Å². The van der Waals surface area contributed by atoms with E-state index >= 15 is 0 Å². The zero-order valence-electron chi connectivity index (χ0n) is 18.6. The van der Waals surface area contributed by atoms with Crippen molar-refractivity contribution in [3.05, 3.63) is 65.7 Å². The number of carboxylic acid groups (broad SMARTS) is 1. The quantitative estimate of drug-likeness (QED) is 0.692. The molecule has 2 aromatic rings. The third-order valence-corrected chi connectivity index (χ3v) is 6.39. The number of nitrogens with zero attached hydrogens (tertiary/aromatic N) is 2. The van der Waals surface area contributed by atoms with E-state index in [9.17, 15) is 14.4 Å². The molecule has 2 heterocycles. The van der Waals surface area contributed by atoms with Gasteiger partial charge in [0.05, 0.1) is 6.54 Å². The van der Waals surface area contributed by atoms with Crippen LogP contribution in [0.5, 0.6) is 5.75 Å². The first-order chi connectivity index (χ1) is 15.8. The SMILES string of the molecule is C[C@@]1(C2CCN(C(=O)c3cccc(OCC(=O)O)c3)CC2)CN(Cc2ccccc2)C(=O)O1. The van der Waals surface area contributed by atoms with E-state index in [1.165, 1.54) is 0 Å². The Kier molecular flexibility index (Phi) is 6.53. The minimum absolute atomic E-state index is 0.117. The standard InChI is InChI=1S/C25H28N2O6/c1-25(17-27(24(31)33-25)15-18-6-3-2-4-7-18)20-10-12-26(13-11-20)23(30)19-8-5-9-21(14-19)32-16-22(28)29/h2-9,14,20H,10-13,15-17H2,1H3,(H,28,29)/t25-/m0/s1. The van der Waals surface area contributed by atoms with Crippen LogP contribution in [0.2, 0.25) is 0 Å². The van der Waals surface area contributed by atoms with Crippen molar-refractivity contribution >= 4 is 18.0 Å². The summed E-state index contributed by atoms with van der Waals surface area (Å²) in [5, 5.41) is 8.76. The molecule has 174 valence electrons. The lowest BCUT2D eigenvalue weighted by molar-refractivity contribution is -0.139. The molecule has 2 aliphatic rings. The number of aliphatic carboxylic acids is 1. The number of carbonyl (C=O) groups excluding carboxylic acids is 2. The molecule has 4 rings (SSSR count). The molecule has 2 fully saturated rings. The van der Waals surface area contributed by atoms with Gasteiger partial charge in [-0.15, -0.1) is 0 Å². The third kappa shape index (κ3) is 5.27. The van der Waals surface area contributed by atoms with Crippen LogP contribution >= 0.6 is 0 Å². The molecule has 1 atom stereocenters. The van der Waals surface area contributed by atoms with Crippen molar-refractivity contribution in [2.24, 2.45) is 5.92 Å². The topological polar surface area (TPSA) is 96.4 Å². The number of hydrogen-bond acceptors (Lipinski definition) is 5. The number of rotatable bonds is 7. The molecule has 0 aliphatic carbocycles. The summed E-state index contributed by atoms with van der Waals surface area (Å²) in [7, 11) is 0. The molecule has 0 saturated carbocycles. The van der Waals surface area contributed by atoms with Crippen molar-refractivity contribution in [1.82, 2.24) is 9.80 Å². The number of amides is 2. The van der Waals surface area contributed by atoms with E-state index < -0.39 is 18.2 Å². The lowest BCUT2D eigenvalue weighted by atomic mass is 9.81. The van der Waals surface area contributed by atoms with E-state index in [1.807, 2.05) is 37.3 Å². The normalized spacial score (nSPS) is 21.1. The Balaban J connectivity index is 1.34. The number of cyclic esters (lactones) is 1. The molecule has 2 aliphatic heterocycles. The highest BCUT2D eigenvalue weighted by Gasteiger charge is 2.47. The van der Waals surface area contributed by atoms with Crippen molar-refractivity contribution in [1.29, 1.82) is 0 Å². The van der Waals surface area contributed by atoms with Gasteiger partial charge >= 0.3 is 12.1 Å². The van der Waals surface area contributed by atoms with Crippen LogP contribution in [0.4, 0.5) is 4.79 Å². The highest BCUT2D eigenvalue weighted by molar-refractivity contribution is 5.94. The maximum Gasteiger partial charge on any atom is 0.410 e. The van der Waals surface area contributed by atoms with Gasteiger partial charge in [0.25, 0.3) is 5.91 Å². The molecule has 8 heteroatoms. The molecule has 2 saturated heterocycles. The summed E-state index contributed by atoms with van der Waals surface area (Å²) in [4.78, 5) is 39.7. The van der Waals surface area contributed by atoms with Crippen molar-refractivity contribution in [2.75, 3.05) is 26.2 Å². The number of ether oxygens (including phenoxy) is 2. The van der Waals surface area contributed by atoms with Gasteiger partial charge in [-0.1, -0.05) is 36.4 Å². The molecule has 0 radical (unpaired) electrons. The van der Waals surface area contributed by atoms with Crippen LogP contribution < -0.4 is 4.74 Å².